The van der Waals surface area contributed by atoms with Crippen LogP contribution in [0, 0.1) is 0 Å². The van der Waals surface area contributed by atoms with Crippen LogP contribution in [0.1, 0.15) is 5.82 Å². The van der Waals surface area contributed by atoms with E-state index in [-0.39, 0.29) is 21.1 Å². The topological polar surface area (TPSA) is 25.8 Å². The van der Waals surface area contributed by atoms with E-state index in [1.165, 1.54) is 18.2 Å². The molecule has 0 aliphatic rings. The van der Waals surface area contributed by atoms with Crippen molar-refractivity contribution in [3.05, 3.63) is 34.2 Å². The Labute approximate surface area is 109 Å². The van der Waals surface area contributed by atoms with Crippen LogP contribution in [-0.2, 0) is 5.92 Å². The molecule has 0 amide bonds. The SMILES string of the molecule is FC(F)C(F)(F)c1nc(Cl)c2cccc(Cl)c2n1. The number of hydrogen-bond acceptors (Lipinski definition) is 2. The summed E-state index contributed by atoms with van der Waals surface area (Å²) in [6.07, 6.45) is -3.92. The van der Waals surface area contributed by atoms with Gasteiger partial charge in [-0.3, -0.25) is 0 Å². The monoisotopic (exact) mass is 298 g/mol. The number of benzene rings is 1. The molecule has 0 aliphatic carbocycles. The van der Waals surface area contributed by atoms with Crippen molar-refractivity contribution in [3.8, 4) is 0 Å². The second kappa shape index (κ2) is 4.51. The summed E-state index contributed by atoms with van der Waals surface area (Å²) in [6.45, 7) is 0. The molecule has 8 heteroatoms. The van der Waals surface area contributed by atoms with E-state index in [2.05, 4.69) is 9.97 Å². The molecule has 0 aliphatic heterocycles. The number of rotatable bonds is 2. The van der Waals surface area contributed by atoms with Gasteiger partial charge in [-0.25, -0.2) is 18.7 Å². The standard InChI is InChI=1S/C10H4Cl2F4N2/c11-5-3-1-2-4-6(5)17-9(18-7(4)12)10(15,16)8(13)14/h1-3,8H. The van der Waals surface area contributed by atoms with Gasteiger partial charge in [0.2, 0.25) is 5.82 Å². The molecule has 0 bridgehead atoms. The van der Waals surface area contributed by atoms with Crippen molar-refractivity contribution in [2.45, 2.75) is 12.3 Å². The number of alkyl halides is 4. The van der Waals surface area contributed by atoms with Crippen molar-refractivity contribution in [1.29, 1.82) is 0 Å². The Morgan fingerprint density at radius 3 is 2.39 bits per heavy atom. The van der Waals surface area contributed by atoms with Crippen LogP contribution in [0.4, 0.5) is 17.6 Å². The quantitative estimate of drug-likeness (QED) is 0.610. The zero-order valence-corrected chi connectivity index (χ0v) is 9.98. The Morgan fingerprint density at radius 2 is 1.78 bits per heavy atom. The zero-order chi connectivity index (χ0) is 13.5. The Balaban J connectivity index is 2.73. The second-order valence-corrected chi connectivity index (χ2v) is 4.16. The van der Waals surface area contributed by atoms with Crippen LogP contribution in [0.2, 0.25) is 10.2 Å². The van der Waals surface area contributed by atoms with Crippen molar-refractivity contribution >= 4 is 34.1 Å². The molecule has 0 fully saturated rings. The Bertz CT molecular complexity index is 604. The van der Waals surface area contributed by atoms with Gasteiger partial charge >= 0.3 is 12.3 Å². The van der Waals surface area contributed by atoms with E-state index in [1.807, 2.05) is 0 Å². The highest BCUT2D eigenvalue weighted by molar-refractivity contribution is 6.38. The van der Waals surface area contributed by atoms with Crippen LogP contribution in [0.15, 0.2) is 18.2 Å². The van der Waals surface area contributed by atoms with Gasteiger partial charge in [0, 0.05) is 5.39 Å². The number of hydrogen-bond donors (Lipinski definition) is 0. The third-order valence-electron chi connectivity index (χ3n) is 2.20. The van der Waals surface area contributed by atoms with Crippen molar-refractivity contribution in [1.82, 2.24) is 9.97 Å². The molecule has 0 radical (unpaired) electrons. The molecule has 0 unspecified atom stereocenters. The third-order valence-corrected chi connectivity index (χ3v) is 2.80. The van der Waals surface area contributed by atoms with Gasteiger partial charge in [0.1, 0.15) is 5.15 Å². The van der Waals surface area contributed by atoms with Crippen molar-refractivity contribution in [2.24, 2.45) is 0 Å². The molecule has 1 aromatic carbocycles. The first kappa shape index (κ1) is 13.3. The maximum absolute atomic E-state index is 13.1. The fourth-order valence-corrected chi connectivity index (χ4v) is 1.78. The van der Waals surface area contributed by atoms with Crippen molar-refractivity contribution < 1.29 is 17.6 Å². The molecule has 0 saturated carbocycles. The Morgan fingerprint density at radius 1 is 1.11 bits per heavy atom. The molecule has 96 valence electrons. The zero-order valence-electron chi connectivity index (χ0n) is 8.47. The molecule has 0 spiro atoms. The summed E-state index contributed by atoms with van der Waals surface area (Å²) < 4.78 is 50.7. The Kier molecular flexibility index (Phi) is 3.33. The maximum atomic E-state index is 13.1. The minimum Gasteiger partial charge on any atom is -0.225 e. The highest BCUT2D eigenvalue weighted by atomic mass is 35.5. The first-order valence-electron chi connectivity index (χ1n) is 4.62. The van der Waals surface area contributed by atoms with Gasteiger partial charge in [0.05, 0.1) is 10.5 Å². The summed E-state index contributed by atoms with van der Waals surface area (Å²) in [4.78, 5) is 6.57. The molecule has 18 heavy (non-hydrogen) atoms. The predicted octanol–water partition coefficient (Wildman–Crippen LogP) is 4.29. The summed E-state index contributed by atoms with van der Waals surface area (Å²) in [5.74, 6) is -5.82. The van der Waals surface area contributed by atoms with Crippen LogP contribution in [0.3, 0.4) is 0 Å². The van der Waals surface area contributed by atoms with Crippen molar-refractivity contribution in [2.75, 3.05) is 0 Å². The number of nitrogens with zero attached hydrogens (tertiary/aromatic N) is 2. The predicted molar refractivity (Wildman–Crippen MR) is 59.5 cm³/mol. The first-order valence-corrected chi connectivity index (χ1v) is 5.38. The van der Waals surface area contributed by atoms with E-state index in [4.69, 9.17) is 23.2 Å². The summed E-state index contributed by atoms with van der Waals surface area (Å²) in [5, 5.41) is -0.0982. The highest BCUT2D eigenvalue weighted by Gasteiger charge is 2.46. The molecule has 2 nitrogen and oxygen atoms in total. The highest BCUT2D eigenvalue weighted by Crippen LogP contribution is 2.35. The molecule has 1 heterocycles. The van der Waals surface area contributed by atoms with Gasteiger partial charge in [-0.15, -0.1) is 0 Å². The average Bonchev–Trinajstić information content (AvgIpc) is 2.30. The second-order valence-electron chi connectivity index (χ2n) is 3.40. The lowest BCUT2D eigenvalue weighted by atomic mass is 10.2. The average molecular weight is 299 g/mol. The molecule has 0 N–H and O–H groups in total. The van der Waals surface area contributed by atoms with Gasteiger partial charge in [-0.2, -0.15) is 8.78 Å². The van der Waals surface area contributed by atoms with Gasteiger partial charge in [0.25, 0.3) is 0 Å². The maximum Gasteiger partial charge on any atom is 0.365 e. The van der Waals surface area contributed by atoms with Crippen LogP contribution in [0.25, 0.3) is 10.9 Å². The lowest BCUT2D eigenvalue weighted by Gasteiger charge is -2.14. The van der Waals surface area contributed by atoms with Gasteiger partial charge < -0.3 is 0 Å². The van der Waals surface area contributed by atoms with Gasteiger partial charge in [-0.05, 0) is 12.1 Å². The first-order chi connectivity index (χ1) is 8.34. The minimum absolute atomic E-state index is 0.0307. The number of aromatic nitrogens is 2. The van der Waals surface area contributed by atoms with Crippen LogP contribution < -0.4 is 0 Å². The molecule has 0 atom stereocenters. The largest absolute Gasteiger partial charge is 0.365 e. The van der Waals surface area contributed by atoms with Gasteiger partial charge in [0.15, 0.2) is 0 Å². The van der Waals surface area contributed by atoms with Crippen LogP contribution in [-0.4, -0.2) is 16.4 Å². The minimum atomic E-state index is -4.48. The normalized spacial score (nSPS) is 12.4. The van der Waals surface area contributed by atoms with E-state index >= 15 is 0 Å². The summed E-state index contributed by atoms with van der Waals surface area (Å²) in [6, 6.07) is 4.36. The smallest absolute Gasteiger partial charge is 0.225 e. The lowest BCUT2D eigenvalue weighted by molar-refractivity contribution is -0.140. The summed E-state index contributed by atoms with van der Waals surface area (Å²) in [5.41, 5.74) is -0.0884. The fraction of sp³-hybridized carbons (Fsp3) is 0.200. The van der Waals surface area contributed by atoms with E-state index in [1.54, 1.807) is 0 Å². The number of fused-ring (bicyclic) bond motifs is 1. The third kappa shape index (κ3) is 2.10. The van der Waals surface area contributed by atoms with Gasteiger partial charge in [-0.1, -0.05) is 29.3 Å². The fourth-order valence-electron chi connectivity index (χ4n) is 1.33. The molecular formula is C10H4Cl2F4N2. The van der Waals surface area contributed by atoms with E-state index in [0.29, 0.717) is 0 Å². The molecule has 1 aromatic heterocycles. The molecule has 2 rings (SSSR count). The van der Waals surface area contributed by atoms with E-state index in [9.17, 15) is 17.6 Å². The number of para-hydroxylation sites is 1. The summed E-state index contributed by atoms with van der Waals surface area (Å²) >= 11 is 11.4. The van der Waals surface area contributed by atoms with Crippen LogP contribution >= 0.6 is 23.2 Å². The molecule has 2 aromatic rings. The molecular weight excluding hydrogens is 295 g/mol. The van der Waals surface area contributed by atoms with E-state index in [0.717, 1.165) is 0 Å². The van der Waals surface area contributed by atoms with Crippen LogP contribution in [0.5, 0.6) is 0 Å². The molecule has 0 saturated heterocycles. The Hall–Kier alpha value is -1.14. The summed E-state index contributed by atoms with van der Waals surface area (Å²) in [7, 11) is 0. The number of halogens is 6. The lowest BCUT2D eigenvalue weighted by Crippen LogP contribution is -2.26. The van der Waals surface area contributed by atoms with E-state index < -0.39 is 18.2 Å². The van der Waals surface area contributed by atoms with Crippen molar-refractivity contribution in [3.63, 3.8) is 0 Å².